The van der Waals surface area contributed by atoms with Crippen LogP contribution in [0, 0.1) is 0 Å². The molecule has 3 heterocycles. The number of cyclic esters (lactones) is 1. The number of ether oxygens (including phenoxy) is 2. The molecule has 206 valence electrons. The standard InChI is InChI=1S/C36H28N2O4/c1-2-3-22-38-28-23-26(24-12-6-4-7-13-24)18-19-30(28)40-32(38)21-20-31-33(25-14-8-5-9-15-25)34(36(39)42-31)35-37-27-16-10-11-17-29(27)41-35/h4-21,23H,2-3,22H2,1H3/b31-20-,32-21-. The van der Waals surface area contributed by atoms with Crippen LogP contribution in [0.25, 0.3) is 33.4 Å². The summed E-state index contributed by atoms with van der Waals surface area (Å²) in [4.78, 5) is 20.1. The van der Waals surface area contributed by atoms with Crippen molar-refractivity contribution in [2.45, 2.75) is 19.8 Å². The van der Waals surface area contributed by atoms with Gasteiger partial charge in [0.25, 0.3) is 0 Å². The van der Waals surface area contributed by atoms with E-state index in [0.717, 1.165) is 47.5 Å². The molecule has 0 saturated heterocycles. The molecular formula is C36H28N2O4. The zero-order chi connectivity index (χ0) is 28.5. The van der Waals surface area contributed by atoms with Gasteiger partial charge in [-0.15, -0.1) is 0 Å². The van der Waals surface area contributed by atoms with Crippen molar-refractivity contribution < 1.29 is 18.7 Å². The van der Waals surface area contributed by atoms with E-state index in [4.69, 9.17) is 13.9 Å². The van der Waals surface area contributed by atoms with Gasteiger partial charge < -0.3 is 18.8 Å². The Morgan fingerprint density at radius 3 is 2.26 bits per heavy atom. The summed E-state index contributed by atoms with van der Waals surface area (Å²) < 4.78 is 18.2. The van der Waals surface area contributed by atoms with Crippen molar-refractivity contribution >= 4 is 33.9 Å². The Labute approximate surface area is 243 Å². The Kier molecular flexibility index (Phi) is 6.64. The molecular weight excluding hydrogens is 524 g/mol. The highest BCUT2D eigenvalue weighted by Gasteiger charge is 2.35. The lowest BCUT2D eigenvalue weighted by Crippen LogP contribution is -2.21. The average Bonchev–Trinajstić information content (AvgIpc) is 3.71. The number of rotatable bonds is 7. The first kappa shape index (κ1) is 25.6. The number of hydrogen-bond donors (Lipinski definition) is 0. The van der Waals surface area contributed by atoms with Crippen LogP contribution < -0.4 is 9.64 Å². The predicted octanol–water partition coefficient (Wildman–Crippen LogP) is 8.39. The number of para-hydroxylation sites is 2. The van der Waals surface area contributed by atoms with Gasteiger partial charge in [-0.1, -0.05) is 92.2 Å². The second kappa shape index (κ2) is 10.9. The molecule has 0 atom stereocenters. The van der Waals surface area contributed by atoms with Crippen LogP contribution in [0.2, 0.25) is 0 Å². The zero-order valence-corrected chi connectivity index (χ0v) is 23.1. The van der Waals surface area contributed by atoms with E-state index in [9.17, 15) is 4.79 Å². The number of anilines is 1. The minimum atomic E-state index is -0.504. The second-order valence-electron chi connectivity index (χ2n) is 10.2. The lowest BCUT2D eigenvalue weighted by Gasteiger charge is -2.18. The topological polar surface area (TPSA) is 64.8 Å². The van der Waals surface area contributed by atoms with Crippen LogP contribution in [0.5, 0.6) is 5.75 Å². The number of allylic oxidation sites excluding steroid dienone is 3. The smallest absolute Gasteiger partial charge is 0.349 e. The number of aromatic nitrogens is 1. The summed E-state index contributed by atoms with van der Waals surface area (Å²) >= 11 is 0. The van der Waals surface area contributed by atoms with E-state index in [1.165, 1.54) is 0 Å². The second-order valence-corrected chi connectivity index (χ2v) is 10.2. The predicted molar refractivity (Wildman–Crippen MR) is 164 cm³/mol. The van der Waals surface area contributed by atoms with Crippen LogP contribution >= 0.6 is 0 Å². The molecule has 1 aromatic heterocycles. The van der Waals surface area contributed by atoms with Crippen LogP contribution in [-0.4, -0.2) is 17.5 Å². The number of unbranched alkanes of at least 4 members (excludes halogenated alkanes) is 1. The maximum Gasteiger partial charge on any atom is 0.349 e. The van der Waals surface area contributed by atoms with Crippen molar-refractivity contribution in [2.75, 3.05) is 11.4 Å². The van der Waals surface area contributed by atoms with Crippen LogP contribution in [0.15, 0.2) is 131 Å². The van der Waals surface area contributed by atoms with Crippen molar-refractivity contribution in [1.82, 2.24) is 4.98 Å². The normalized spacial score (nSPS) is 16.4. The molecule has 0 saturated carbocycles. The Hall–Kier alpha value is -5.36. The molecule has 0 spiro atoms. The first-order valence-corrected chi connectivity index (χ1v) is 14.1. The minimum Gasteiger partial charge on any atom is -0.439 e. The summed E-state index contributed by atoms with van der Waals surface area (Å²) in [5, 5.41) is 0. The third-order valence-electron chi connectivity index (χ3n) is 7.42. The summed E-state index contributed by atoms with van der Waals surface area (Å²) in [7, 11) is 0. The van der Waals surface area contributed by atoms with Gasteiger partial charge >= 0.3 is 5.97 Å². The number of carbonyl (C=O) groups is 1. The molecule has 7 rings (SSSR count). The van der Waals surface area contributed by atoms with Gasteiger partial charge in [-0.05, 0) is 53.5 Å². The fourth-order valence-corrected chi connectivity index (χ4v) is 5.34. The summed E-state index contributed by atoms with van der Waals surface area (Å²) in [6.07, 6.45) is 5.72. The van der Waals surface area contributed by atoms with E-state index in [1.807, 2.05) is 84.9 Å². The van der Waals surface area contributed by atoms with E-state index >= 15 is 0 Å². The molecule has 0 amide bonds. The van der Waals surface area contributed by atoms with Gasteiger partial charge in [0.2, 0.25) is 11.8 Å². The lowest BCUT2D eigenvalue weighted by molar-refractivity contribution is -0.131. The molecule has 6 heteroatoms. The molecule has 42 heavy (non-hydrogen) atoms. The van der Waals surface area contributed by atoms with E-state index in [1.54, 1.807) is 6.08 Å². The van der Waals surface area contributed by atoms with E-state index < -0.39 is 5.97 Å². The highest BCUT2D eigenvalue weighted by atomic mass is 16.5. The molecule has 0 aliphatic carbocycles. The molecule has 0 radical (unpaired) electrons. The van der Waals surface area contributed by atoms with Gasteiger partial charge in [-0.25, -0.2) is 9.78 Å². The molecule has 0 fully saturated rings. The van der Waals surface area contributed by atoms with Crippen LogP contribution in [0.3, 0.4) is 0 Å². The van der Waals surface area contributed by atoms with E-state index in [-0.39, 0.29) is 5.89 Å². The molecule has 6 nitrogen and oxygen atoms in total. The summed E-state index contributed by atoms with van der Waals surface area (Å²) in [5.74, 6) is 1.62. The van der Waals surface area contributed by atoms with Gasteiger partial charge in [-0.2, -0.15) is 0 Å². The summed E-state index contributed by atoms with van der Waals surface area (Å²) in [5.41, 5.74) is 6.34. The number of nitrogens with zero attached hydrogens (tertiary/aromatic N) is 2. The summed E-state index contributed by atoms with van der Waals surface area (Å²) in [6.45, 7) is 2.97. The highest BCUT2D eigenvalue weighted by Crippen LogP contribution is 2.43. The van der Waals surface area contributed by atoms with Gasteiger partial charge in [-0.3, -0.25) is 0 Å². The number of fused-ring (bicyclic) bond motifs is 2. The molecule has 0 bridgehead atoms. The van der Waals surface area contributed by atoms with Gasteiger partial charge in [0.15, 0.2) is 11.3 Å². The van der Waals surface area contributed by atoms with Crippen LogP contribution in [-0.2, 0) is 9.53 Å². The largest absolute Gasteiger partial charge is 0.439 e. The Morgan fingerprint density at radius 1 is 0.762 bits per heavy atom. The van der Waals surface area contributed by atoms with Crippen molar-refractivity contribution in [3.8, 4) is 16.9 Å². The third-order valence-corrected chi connectivity index (χ3v) is 7.42. The molecule has 2 aliphatic heterocycles. The zero-order valence-electron chi connectivity index (χ0n) is 23.1. The number of hydrogen-bond acceptors (Lipinski definition) is 6. The Morgan fingerprint density at radius 2 is 1.50 bits per heavy atom. The fourth-order valence-electron chi connectivity index (χ4n) is 5.34. The Balaban J connectivity index is 1.30. The molecule has 2 aliphatic rings. The van der Waals surface area contributed by atoms with Crippen molar-refractivity contribution in [3.05, 3.63) is 138 Å². The number of esters is 1. The number of oxazole rings is 1. The van der Waals surface area contributed by atoms with E-state index in [2.05, 4.69) is 41.1 Å². The SMILES string of the molecule is CCCCN1/C(=C/C=C2\OC(=O)C(c3nc4ccccc4o3)=C2c2ccccc2)Oc2ccc(-c3ccccc3)cc21. The first-order valence-electron chi connectivity index (χ1n) is 14.1. The van der Waals surface area contributed by atoms with Gasteiger partial charge in [0, 0.05) is 18.2 Å². The summed E-state index contributed by atoms with van der Waals surface area (Å²) in [6, 6.07) is 33.7. The van der Waals surface area contributed by atoms with Crippen molar-refractivity contribution in [3.63, 3.8) is 0 Å². The molecule has 0 N–H and O–H groups in total. The lowest BCUT2D eigenvalue weighted by atomic mass is 9.99. The van der Waals surface area contributed by atoms with Crippen molar-refractivity contribution in [2.24, 2.45) is 0 Å². The monoisotopic (exact) mass is 552 g/mol. The number of carbonyl (C=O) groups excluding carboxylic acids is 1. The molecule has 5 aromatic rings. The molecule has 4 aromatic carbocycles. The highest BCUT2D eigenvalue weighted by molar-refractivity contribution is 6.29. The van der Waals surface area contributed by atoms with Crippen molar-refractivity contribution in [1.29, 1.82) is 0 Å². The first-order chi connectivity index (χ1) is 20.7. The van der Waals surface area contributed by atoms with Crippen LogP contribution in [0.1, 0.15) is 31.2 Å². The fraction of sp³-hybridized carbons (Fsp3) is 0.111. The third kappa shape index (κ3) is 4.67. The minimum absolute atomic E-state index is 0.235. The maximum absolute atomic E-state index is 13.3. The van der Waals surface area contributed by atoms with Gasteiger partial charge in [0.1, 0.15) is 16.8 Å². The average molecular weight is 553 g/mol. The molecule has 0 unspecified atom stereocenters. The quantitative estimate of drug-likeness (QED) is 0.189. The maximum atomic E-state index is 13.3. The number of benzene rings is 4. The van der Waals surface area contributed by atoms with E-state index in [0.29, 0.717) is 33.9 Å². The van der Waals surface area contributed by atoms with Gasteiger partial charge in [0.05, 0.1) is 5.69 Å². The Bertz CT molecular complexity index is 1850. The van der Waals surface area contributed by atoms with Crippen LogP contribution in [0.4, 0.5) is 5.69 Å².